The molecule has 0 saturated heterocycles. The van der Waals surface area contributed by atoms with Crippen LogP contribution in [0.1, 0.15) is 19.3 Å². The largest absolute Gasteiger partial charge is 0.481 e. The van der Waals surface area contributed by atoms with Crippen molar-refractivity contribution in [2.24, 2.45) is 11.8 Å². The average Bonchev–Trinajstić information content (AvgIpc) is 2.25. The van der Waals surface area contributed by atoms with Gasteiger partial charge in [-0.3, -0.25) is 9.59 Å². The van der Waals surface area contributed by atoms with Crippen molar-refractivity contribution in [2.75, 3.05) is 13.1 Å². The number of hydrogen-bond donors (Lipinski definition) is 1. The van der Waals surface area contributed by atoms with Crippen LogP contribution >= 0.6 is 0 Å². The highest BCUT2D eigenvalue weighted by Gasteiger charge is 2.44. The standard InChI is InChI=1S/C12H14F3NO3/c13-12(14,15)7-3-5-16(6-4-7)10(17)8-1-2-9(8)11(18)19/h3,8-9H,1-2,4-6H2,(H,18,19). The van der Waals surface area contributed by atoms with E-state index in [2.05, 4.69) is 0 Å². The summed E-state index contributed by atoms with van der Waals surface area (Å²) < 4.78 is 37.3. The molecule has 1 aliphatic carbocycles. The fourth-order valence-electron chi connectivity index (χ4n) is 2.45. The van der Waals surface area contributed by atoms with E-state index in [0.717, 1.165) is 6.08 Å². The molecule has 2 aliphatic rings. The van der Waals surface area contributed by atoms with E-state index in [0.29, 0.717) is 12.8 Å². The van der Waals surface area contributed by atoms with Crippen LogP contribution in [0.3, 0.4) is 0 Å². The highest BCUT2D eigenvalue weighted by atomic mass is 19.4. The first kappa shape index (κ1) is 13.9. The van der Waals surface area contributed by atoms with Gasteiger partial charge in [0.05, 0.1) is 11.8 Å². The number of carbonyl (C=O) groups is 2. The Kier molecular flexibility index (Phi) is 3.56. The minimum absolute atomic E-state index is 0.00696. The molecule has 0 aromatic rings. The second kappa shape index (κ2) is 4.86. The Morgan fingerprint density at radius 2 is 1.89 bits per heavy atom. The second-order valence-electron chi connectivity index (χ2n) is 4.89. The van der Waals surface area contributed by atoms with Crippen LogP contribution in [0.5, 0.6) is 0 Å². The fourth-order valence-corrected chi connectivity index (χ4v) is 2.45. The summed E-state index contributed by atoms with van der Waals surface area (Å²) >= 11 is 0. The molecule has 1 heterocycles. The van der Waals surface area contributed by atoms with Gasteiger partial charge >= 0.3 is 12.1 Å². The number of aliphatic carboxylic acids is 1. The van der Waals surface area contributed by atoms with E-state index in [1.165, 1.54) is 4.90 Å². The molecular weight excluding hydrogens is 263 g/mol. The van der Waals surface area contributed by atoms with Gasteiger partial charge in [0.25, 0.3) is 0 Å². The lowest BCUT2D eigenvalue weighted by molar-refractivity contribution is -0.156. The van der Waals surface area contributed by atoms with Gasteiger partial charge in [-0.15, -0.1) is 0 Å². The Balaban J connectivity index is 1.97. The maximum Gasteiger partial charge on any atom is 0.412 e. The first-order valence-electron chi connectivity index (χ1n) is 6.08. The summed E-state index contributed by atoms with van der Waals surface area (Å²) in [6, 6.07) is 0. The van der Waals surface area contributed by atoms with E-state index in [1.807, 2.05) is 0 Å². The van der Waals surface area contributed by atoms with E-state index >= 15 is 0 Å². The lowest BCUT2D eigenvalue weighted by Crippen LogP contribution is -2.47. The van der Waals surface area contributed by atoms with E-state index in [4.69, 9.17) is 5.11 Å². The summed E-state index contributed by atoms with van der Waals surface area (Å²) in [4.78, 5) is 24.1. The van der Waals surface area contributed by atoms with Crippen LogP contribution < -0.4 is 0 Å². The van der Waals surface area contributed by atoms with Crippen LogP contribution in [0.4, 0.5) is 13.2 Å². The van der Waals surface area contributed by atoms with E-state index < -0.39 is 29.6 Å². The number of carboxylic acid groups (broad SMARTS) is 1. The predicted octanol–water partition coefficient (Wildman–Crippen LogP) is 1.82. The summed E-state index contributed by atoms with van der Waals surface area (Å²) in [5, 5.41) is 8.87. The van der Waals surface area contributed by atoms with Crippen LogP contribution in [0, 0.1) is 11.8 Å². The van der Waals surface area contributed by atoms with Crippen molar-refractivity contribution < 1.29 is 27.9 Å². The molecule has 0 bridgehead atoms. The minimum atomic E-state index is -4.34. The van der Waals surface area contributed by atoms with E-state index in [-0.39, 0.29) is 25.4 Å². The molecule has 106 valence electrons. The number of carbonyl (C=O) groups excluding carboxylic acids is 1. The molecule has 2 rings (SSSR count). The van der Waals surface area contributed by atoms with Gasteiger partial charge in [-0.05, 0) is 19.3 Å². The highest BCUT2D eigenvalue weighted by molar-refractivity contribution is 5.86. The zero-order chi connectivity index (χ0) is 14.2. The lowest BCUT2D eigenvalue weighted by atomic mass is 9.72. The molecule has 0 aromatic heterocycles. The average molecular weight is 277 g/mol. The molecule has 1 aliphatic heterocycles. The Morgan fingerprint density at radius 1 is 1.26 bits per heavy atom. The maximum atomic E-state index is 12.4. The van der Waals surface area contributed by atoms with Crippen molar-refractivity contribution in [1.82, 2.24) is 4.90 Å². The SMILES string of the molecule is O=C(O)C1CCC1C(=O)N1CC=C(C(F)(F)F)CC1. The number of rotatable bonds is 2. The number of hydrogen-bond acceptors (Lipinski definition) is 2. The molecule has 4 nitrogen and oxygen atoms in total. The highest BCUT2D eigenvalue weighted by Crippen LogP contribution is 2.37. The van der Waals surface area contributed by atoms with Crippen molar-refractivity contribution in [1.29, 1.82) is 0 Å². The van der Waals surface area contributed by atoms with Crippen LogP contribution in [-0.2, 0) is 9.59 Å². The number of halogens is 3. The Hall–Kier alpha value is -1.53. The number of nitrogens with zero attached hydrogens (tertiary/aromatic N) is 1. The third kappa shape index (κ3) is 2.74. The van der Waals surface area contributed by atoms with Crippen LogP contribution in [-0.4, -0.2) is 41.1 Å². The maximum absolute atomic E-state index is 12.4. The molecule has 0 radical (unpaired) electrons. The van der Waals surface area contributed by atoms with Gasteiger partial charge in [-0.1, -0.05) is 6.08 Å². The Bertz CT molecular complexity index is 430. The van der Waals surface area contributed by atoms with Crippen molar-refractivity contribution in [3.8, 4) is 0 Å². The second-order valence-corrected chi connectivity index (χ2v) is 4.89. The monoisotopic (exact) mass is 277 g/mol. The zero-order valence-corrected chi connectivity index (χ0v) is 10.1. The summed E-state index contributed by atoms with van der Waals surface area (Å²) in [5.41, 5.74) is -0.611. The third-order valence-corrected chi connectivity index (χ3v) is 3.79. The summed E-state index contributed by atoms with van der Waals surface area (Å²) in [6.07, 6.45) is -2.59. The summed E-state index contributed by atoms with van der Waals surface area (Å²) in [6.45, 7) is -0.0798. The van der Waals surface area contributed by atoms with Gasteiger partial charge in [0.15, 0.2) is 0 Å². The molecule has 2 unspecified atom stereocenters. The van der Waals surface area contributed by atoms with Crippen molar-refractivity contribution in [3.63, 3.8) is 0 Å². The molecule has 1 saturated carbocycles. The van der Waals surface area contributed by atoms with Crippen molar-refractivity contribution in [2.45, 2.75) is 25.4 Å². The van der Waals surface area contributed by atoms with Crippen LogP contribution in [0.25, 0.3) is 0 Å². The molecule has 19 heavy (non-hydrogen) atoms. The van der Waals surface area contributed by atoms with Gasteiger partial charge in [0.1, 0.15) is 0 Å². The van der Waals surface area contributed by atoms with Crippen molar-refractivity contribution >= 4 is 11.9 Å². The third-order valence-electron chi connectivity index (χ3n) is 3.79. The smallest absolute Gasteiger partial charge is 0.412 e. The zero-order valence-electron chi connectivity index (χ0n) is 10.1. The summed E-state index contributed by atoms with van der Waals surface area (Å²) in [5.74, 6) is -2.59. The van der Waals surface area contributed by atoms with Crippen LogP contribution in [0.15, 0.2) is 11.6 Å². The number of amides is 1. The van der Waals surface area contributed by atoms with Gasteiger partial charge in [-0.2, -0.15) is 13.2 Å². The molecule has 0 spiro atoms. The summed E-state index contributed by atoms with van der Waals surface area (Å²) in [7, 11) is 0. The number of alkyl halides is 3. The van der Waals surface area contributed by atoms with Gasteiger partial charge in [0, 0.05) is 18.7 Å². The Labute approximate surface area is 107 Å². The Morgan fingerprint density at radius 3 is 2.26 bits per heavy atom. The van der Waals surface area contributed by atoms with E-state index in [1.54, 1.807) is 0 Å². The van der Waals surface area contributed by atoms with Crippen molar-refractivity contribution in [3.05, 3.63) is 11.6 Å². The minimum Gasteiger partial charge on any atom is -0.481 e. The predicted molar refractivity (Wildman–Crippen MR) is 59.2 cm³/mol. The molecule has 0 aromatic carbocycles. The van der Waals surface area contributed by atoms with Gasteiger partial charge < -0.3 is 10.0 Å². The van der Waals surface area contributed by atoms with Crippen LogP contribution in [0.2, 0.25) is 0 Å². The molecule has 7 heteroatoms. The normalized spacial score (nSPS) is 27.5. The molecule has 1 fully saturated rings. The first-order valence-corrected chi connectivity index (χ1v) is 6.08. The number of carboxylic acids is 1. The lowest BCUT2D eigenvalue weighted by Gasteiger charge is -2.37. The van der Waals surface area contributed by atoms with Gasteiger partial charge in [-0.25, -0.2) is 0 Å². The van der Waals surface area contributed by atoms with Gasteiger partial charge in [0.2, 0.25) is 5.91 Å². The van der Waals surface area contributed by atoms with E-state index in [9.17, 15) is 22.8 Å². The molecule has 1 N–H and O–H groups in total. The quantitative estimate of drug-likeness (QED) is 0.783. The first-order chi connectivity index (χ1) is 8.80. The topological polar surface area (TPSA) is 57.6 Å². The molecule has 1 amide bonds. The molecular formula is C12H14F3NO3. The molecule has 2 atom stereocenters. The fraction of sp³-hybridized carbons (Fsp3) is 0.667.